The Hall–Kier alpha value is -3.53. The van der Waals surface area contributed by atoms with Gasteiger partial charge in [0.2, 0.25) is 0 Å². The Morgan fingerprint density at radius 3 is 2.24 bits per heavy atom. The van der Waals surface area contributed by atoms with Gasteiger partial charge in [-0.3, -0.25) is 5.43 Å². The molecule has 0 aliphatic carbocycles. The van der Waals surface area contributed by atoms with E-state index in [4.69, 9.17) is 31.2 Å². The summed E-state index contributed by atoms with van der Waals surface area (Å²) in [6.45, 7) is 0. The topological polar surface area (TPSA) is 111 Å². The van der Waals surface area contributed by atoms with Gasteiger partial charge in [0.1, 0.15) is 5.56 Å². The molecule has 2 aromatic rings. The van der Waals surface area contributed by atoms with Gasteiger partial charge in [0, 0.05) is 17.3 Å². The van der Waals surface area contributed by atoms with Gasteiger partial charge in [-0.1, -0.05) is 0 Å². The molecule has 0 spiro atoms. The Labute approximate surface area is 173 Å². The van der Waals surface area contributed by atoms with Crippen molar-refractivity contribution >= 4 is 35.2 Å². The summed E-state index contributed by atoms with van der Waals surface area (Å²) in [4.78, 5) is 11.6. The maximum Gasteiger partial charge on any atom is 0.340 e. The monoisotopic (exact) mass is 419 g/mol. The van der Waals surface area contributed by atoms with Crippen molar-refractivity contribution in [3.05, 3.63) is 41.5 Å². The first-order chi connectivity index (χ1) is 13.9. The lowest BCUT2D eigenvalue weighted by atomic mass is 10.1. The van der Waals surface area contributed by atoms with E-state index in [0.717, 1.165) is 0 Å². The third kappa shape index (κ3) is 5.26. The Bertz CT molecular complexity index is 932. The molecule has 29 heavy (non-hydrogen) atoms. The van der Waals surface area contributed by atoms with E-state index < -0.39 is 5.97 Å². The number of methoxy groups -OCH3 is 4. The number of aromatic carboxylic acids is 1. The van der Waals surface area contributed by atoms with Crippen LogP contribution in [0.4, 0.5) is 5.69 Å². The summed E-state index contributed by atoms with van der Waals surface area (Å²) in [7, 11) is 5.87. The normalized spacial score (nSPS) is 10.3. The zero-order chi connectivity index (χ0) is 21.4. The highest BCUT2D eigenvalue weighted by molar-refractivity contribution is 7.80. The Morgan fingerprint density at radius 1 is 1.00 bits per heavy atom. The van der Waals surface area contributed by atoms with Gasteiger partial charge < -0.3 is 29.4 Å². The van der Waals surface area contributed by atoms with Crippen LogP contribution in [0.25, 0.3) is 0 Å². The lowest BCUT2D eigenvalue weighted by Gasteiger charge is -2.12. The third-order valence-electron chi connectivity index (χ3n) is 3.80. The van der Waals surface area contributed by atoms with Gasteiger partial charge in [0.25, 0.3) is 0 Å². The average Bonchev–Trinajstić information content (AvgIpc) is 2.72. The van der Waals surface area contributed by atoms with Crippen LogP contribution < -0.4 is 29.7 Å². The average molecular weight is 419 g/mol. The van der Waals surface area contributed by atoms with Crippen LogP contribution in [0.3, 0.4) is 0 Å². The van der Waals surface area contributed by atoms with Gasteiger partial charge in [-0.2, -0.15) is 5.10 Å². The predicted octanol–water partition coefficient (Wildman–Crippen LogP) is 2.74. The molecular weight excluding hydrogens is 398 g/mol. The smallest absolute Gasteiger partial charge is 0.340 e. The van der Waals surface area contributed by atoms with Crippen LogP contribution in [-0.2, 0) is 0 Å². The Morgan fingerprint density at radius 2 is 1.66 bits per heavy atom. The minimum atomic E-state index is -1.17. The molecule has 0 aliphatic heterocycles. The fraction of sp³-hybridized carbons (Fsp3) is 0.211. The van der Waals surface area contributed by atoms with E-state index in [2.05, 4.69) is 15.8 Å². The molecule has 0 aliphatic rings. The van der Waals surface area contributed by atoms with Crippen molar-refractivity contribution in [3.8, 4) is 23.0 Å². The number of nitrogens with one attached hydrogen (secondary N) is 2. The summed E-state index contributed by atoms with van der Waals surface area (Å²) in [5, 5.41) is 16.7. The molecule has 0 bridgehead atoms. The minimum Gasteiger partial charge on any atom is -0.493 e. The quantitative estimate of drug-likeness (QED) is 0.338. The van der Waals surface area contributed by atoms with Crippen LogP contribution in [-0.4, -0.2) is 50.8 Å². The van der Waals surface area contributed by atoms with Crippen LogP contribution in [0, 0.1) is 0 Å². The molecule has 0 aromatic heterocycles. The molecule has 0 heterocycles. The largest absolute Gasteiger partial charge is 0.493 e. The highest BCUT2D eigenvalue weighted by atomic mass is 32.1. The SMILES string of the molecule is COc1ccc(NC(=S)N/N=C\c2ccc(OC)c(OC)c2C(=O)O)cc1OC. The molecule has 2 rings (SSSR count). The molecule has 0 saturated heterocycles. The molecule has 0 amide bonds. The van der Waals surface area contributed by atoms with Crippen molar-refractivity contribution < 1.29 is 28.8 Å². The van der Waals surface area contributed by atoms with Crippen molar-refractivity contribution in [2.75, 3.05) is 33.8 Å². The van der Waals surface area contributed by atoms with E-state index in [-0.39, 0.29) is 16.4 Å². The summed E-state index contributed by atoms with van der Waals surface area (Å²) in [5.41, 5.74) is 3.53. The molecule has 10 heteroatoms. The molecule has 0 saturated carbocycles. The van der Waals surface area contributed by atoms with Crippen molar-refractivity contribution in [2.45, 2.75) is 0 Å². The molecule has 0 atom stereocenters. The van der Waals surface area contributed by atoms with Crippen LogP contribution in [0.2, 0.25) is 0 Å². The summed E-state index contributed by atoms with van der Waals surface area (Å²) < 4.78 is 20.7. The third-order valence-corrected chi connectivity index (χ3v) is 4.00. The number of carbonyl (C=O) groups is 1. The van der Waals surface area contributed by atoms with Gasteiger partial charge in [-0.15, -0.1) is 0 Å². The number of ether oxygens (including phenoxy) is 4. The summed E-state index contributed by atoms with van der Waals surface area (Å²) in [6.07, 6.45) is 1.33. The molecule has 9 nitrogen and oxygen atoms in total. The number of rotatable bonds is 8. The molecule has 0 fully saturated rings. The number of hydrogen-bond acceptors (Lipinski definition) is 7. The maximum atomic E-state index is 11.6. The van der Waals surface area contributed by atoms with Gasteiger partial charge >= 0.3 is 5.97 Å². The van der Waals surface area contributed by atoms with Crippen LogP contribution in [0.15, 0.2) is 35.4 Å². The first kappa shape index (κ1) is 21.8. The zero-order valence-electron chi connectivity index (χ0n) is 16.3. The van der Waals surface area contributed by atoms with Gasteiger partial charge in [-0.05, 0) is 36.5 Å². The van der Waals surface area contributed by atoms with Crippen molar-refractivity contribution in [3.63, 3.8) is 0 Å². The minimum absolute atomic E-state index is 0.0730. The van der Waals surface area contributed by atoms with Crippen LogP contribution >= 0.6 is 12.2 Å². The highest BCUT2D eigenvalue weighted by Gasteiger charge is 2.20. The van der Waals surface area contributed by atoms with Crippen molar-refractivity contribution in [2.24, 2.45) is 5.10 Å². The fourth-order valence-electron chi connectivity index (χ4n) is 2.50. The summed E-state index contributed by atoms with van der Waals surface area (Å²) in [6, 6.07) is 8.35. The predicted molar refractivity (Wildman–Crippen MR) is 113 cm³/mol. The van der Waals surface area contributed by atoms with Crippen molar-refractivity contribution in [1.29, 1.82) is 0 Å². The van der Waals surface area contributed by atoms with Gasteiger partial charge in [0.15, 0.2) is 28.1 Å². The van der Waals surface area contributed by atoms with E-state index in [9.17, 15) is 9.90 Å². The van der Waals surface area contributed by atoms with E-state index in [1.165, 1.54) is 27.5 Å². The molecule has 2 aromatic carbocycles. The van der Waals surface area contributed by atoms with Gasteiger partial charge in [0.05, 0.1) is 34.7 Å². The number of benzene rings is 2. The number of carboxylic acid groups (broad SMARTS) is 1. The van der Waals surface area contributed by atoms with E-state index >= 15 is 0 Å². The number of hydrogen-bond donors (Lipinski definition) is 3. The second-order valence-electron chi connectivity index (χ2n) is 5.46. The molecule has 0 unspecified atom stereocenters. The molecule has 154 valence electrons. The Balaban J connectivity index is 2.13. The molecule has 3 N–H and O–H groups in total. The molecular formula is C19H21N3O6S. The number of anilines is 1. The standard InChI is InChI=1S/C19H21N3O6S/c1-25-13-8-6-12(9-15(13)27-3)21-19(29)22-20-10-11-5-7-14(26-2)17(28-4)16(11)18(23)24/h5-10H,1-4H3,(H,23,24)(H2,21,22,29)/b20-10-. The second-order valence-corrected chi connectivity index (χ2v) is 5.87. The number of carboxylic acids is 1. The van der Waals surface area contributed by atoms with E-state index in [1.807, 2.05) is 0 Å². The van der Waals surface area contributed by atoms with Gasteiger partial charge in [-0.25, -0.2) is 4.79 Å². The maximum absolute atomic E-state index is 11.6. The molecule has 0 radical (unpaired) electrons. The second kappa shape index (κ2) is 10.1. The lowest BCUT2D eigenvalue weighted by Crippen LogP contribution is -2.24. The number of hydrazone groups is 1. The fourth-order valence-corrected chi connectivity index (χ4v) is 2.67. The van der Waals surface area contributed by atoms with Crippen LogP contribution in [0.5, 0.6) is 23.0 Å². The van der Waals surface area contributed by atoms with E-state index in [1.54, 1.807) is 37.4 Å². The number of nitrogens with zero attached hydrogens (tertiary/aromatic N) is 1. The van der Waals surface area contributed by atoms with E-state index in [0.29, 0.717) is 28.5 Å². The summed E-state index contributed by atoms with van der Waals surface area (Å²) >= 11 is 5.20. The van der Waals surface area contributed by atoms with Crippen molar-refractivity contribution in [1.82, 2.24) is 5.43 Å². The zero-order valence-corrected chi connectivity index (χ0v) is 17.1. The first-order valence-corrected chi connectivity index (χ1v) is 8.66. The first-order valence-electron chi connectivity index (χ1n) is 8.25. The van der Waals surface area contributed by atoms with Crippen LogP contribution in [0.1, 0.15) is 15.9 Å². The highest BCUT2D eigenvalue weighted by Crippen LogP contribution is 2.33. The lowest BCUT2D eigenvalue weighted by molar-refractivity contribution is 0.0692. The number of thiocarbonyl (C=S) groups is 1. The Kier molecular flexibility index (Phi) is 7.61. The summed E-state index contributed by atoms with van der Waals surface area (Å²) in [5.74, 6) is 0.369.